The number of hydrogen-bond acceptors (Lipinski definition) is 7. The Labute approximate surface area is 240 Å². The second-order valence-corrected chi connectivity index (χ2v) is 12.6. The van der Waals surface area contributed by atoms with Crippen LogP contribution < -0.4 is 10.0 Å². The lowest BCUT2D eigenvalue weighted by atomic mass is 9.98. The monoisotopic (exact) mass is 578 g/mol. The number of carbonyl (C=O) groups excluding carboxylic acids is 3. The lowest BCUT2D eigenvalue weighted by molar-refractivity contribution is -0.157. The molecule has 0 spiro atoms. The molecule has 0 aromatic heterocycles. The number of esters is 1. The molecule has 0 aliphatic heterocycles. The summed E-state index contributed by atoms with van der Waals surface area (Å²) in [6.07, 6.45) is -1.41. The minimum absolute atomic E-state index is 0.0379. The van der Waals surface area contributed by atoms with Crippen molar-refractivity contribution in [1.82, 2.24) is 10.0 Å². The molecule has 1 aliphatic carbocycles. The van der Waals surface area contributed by atoms with Crippen LogP contribution in [0.15, 0.2) is 77.7 Å². The Morgan fingerprint density at radius 3 is 2.00 bits per heavy atom. The Balaban J connectivity index is 1.40. The fourth-order valence-corrected chi connectivity index (χ4v) is 5.67. The average Bonchev–Trinajstić information content (AvgIpc) is 3.22. The van der Waals surface area contributed by atoms with Crippen molar-refractivity contribution < 1.29 is 32.3 Å². The van der Waals surface area contributed by atoms with Crippen molar-refractivity contribution in [3.05, 3.63) is 89.5 Å². The number of rotatable bonds is 9. The van der Waals surface area contributed by atoms with E-state index in [1.54, 1.807) is 32.9 Å². The SMILES string of the molecule is Cc1ccc(S(=O)(=O)NC(=O)CC[C@@H](NC(=O)OCC2c3ccccc3-c3ccccc32)C(=O)OC(C)(C)C)cc1. The standard InChI is InChI=1S/C31H34N2O7S/c1-20-13-15-21(16-14-20)41(37,38)33-28(34)18-17-27(29(35)40-31(2,3)4)32-30(36)39-19-26-24-11-7-5-9-22(24)23-10-6-8-12-25(23)26/h5-16,26-27H,17-19H2,1-4H3,(H,32,36)(H,33,34)/t27-/m1/s1. The van der Waals surface area contributed by atoms with E-state index in [1.807, 2.05) is 60.2 Å². The van der Waals surface area contributed by atoms with Gasteiger partial charge in [0.15, 0.2) is 0 Å². The van der Waals surface area contributed by atoms with Crippen molar-refractivity contribution >= 4 is 28.0 Å². The van der Waals surface area contributed by atoms with E-state index in [9.17, 15) is 22.8 Å². The molecule has 1 atom stereocenters. The predicted molar refractivity (Wildman–Crippen MR) is 154 cm³/mol. The Bertz CT molecular complexity index is 1500. The third-order valence-electron chi connectivity index (χ3n) is 6.57. The maximum absolute atomic E-state index is 12.9. The van der Waals surface area contributed by atoms with Gasteiger partial charge in [-0.1, -0.05) is 66.2 Å². The van der Waals surface area contributed by atoms with Gasteiger partial charge < -0.3 is 14.8 Å². The first-order chi connectivity index (χ1) is 19.3. The number of ether oxygens (including phenoxy) is 2. The van der Waals surface area contributed by atoms with Gasteiger partial charge in [0.1, 0.15) is 18.2 Å². The molecule has 3 aromatic carbocycles. The first-order valence-electron chi connectivity index (χ1n) is 13.3. The van der Waals surface area contributed by atoms with Gasteiger partial charge in [0, 0.05) is 12.3 Å². The largest absolute Gasteiger partial charge is 0.458 e. The Morgan fingerprint density at radius 1 is 0.878 bits per heavy atom. The van der Waals surface area contributed by atoms with Gasteiger partial charge in [-0.2, -0.15) is 0 Å². The van der Waals surface area contributed by atoms with Gasteiger partial charge in [-0.15, -0.1) is 0 Å². The maximum Gasteiger partial charge on any atom is 0.407 e. The van der Waals surface area contributed by atoms with Crippen LogP contribution in [-0.4, -0.2) is 44.6 Å². The summed E-state index contributed by atoms with van der Waals surface area (Å²) in [7, 11) is -4.09. The van der Waals surface area contributed by atoms with Crippen LogP contribution in [0.4, 0.5) is 4.79 Å². The third-order valence-corrected chi connectivity index (χ3v) is 7.96. The number of benzene rings is 3. The smallest absolute Gasteiger partial charge is 0.407 e. The van der Waals surface area contributed by atoms with Gasteiger partial charge in [-0.3, -0.25) is 4.79 Å². The van der Waals surface area contributed by atoms with Crippen LogP contribution in [0, 0.1) is 6.92 Å². The van der Waals surface area contributed by atoms with Crippen molar-refractivity contribution in [2.45, 2.75) is 63.0 Å². The first kappa shape index (κ1) is 29.8. The van der Waals surface area contributed by atoms with Crippen LogP contribution in [-0.2, 0) is 29.1 Å². The average molecular weight is 579 g/mol. The molecule has 1 aliphatic rings. The molecule has 2 amide bonds. The molecule has 0 fully saturated rings. The highest BCUT2D eigenvalue weighted by Gasteiger charge is 2.31. The number of fused-ring (bicyclic) bond motifs is 3. The van der Waals surface area contributed by atoms with E-state index in [2.05, 4.69) is 5.32 Å². The highest BCUT2D eigenvalue weighted by atomic mass is 32.2. The zero-order chi connectivity index (χ0) is 29.8. The summed E-state index contributed by atoms with van der Waals surface area (Å²) >= 11 is 0. The summed E-state index contributed by atoms with van der Waals surface area (Å²) in [5, 5.41) is 2.50. The van der Waals surface area contributed by atoms with E-state index in [1.165, 1.54) is 12.1 Å². The molecule has 0 bridgehead atoms. The molecular formula is C31H34N2O7S. The summed E-state index contributed by atoms with van der Waals surface area (Å²) in [6.45, 7) is 6.88. The molecule has 0 radical (unpaired) electrons. The maximum atomic E-state index is 12.9. The molecule has 3 aromatic rings. The highest BCUT2D eigenvalue weighted by Crippen LogP contribution is 2.44. The van der Waals surface area contributed by atoms with Crippen LogP contribution in [0.2, 0.25) is 0 Å². The lowest BCUT2D eigenvalue weighted by Gasteiger charge is -2.24. The van der Waals surface area contributed by atoms with E-state index in [0.29, 0.717) is 0 Å². The van der Waals surface area contributed by atoms with Crippen LogP contribution in [0.25, 0.3) is 11.1 Å². The quantitative estimate of drug-likeness (QED) is 0.348. The van der Waals surface area contributed by atoms with Gasteiger partial charge in [-0.05, 0) is 68.5 Å². The van der Waals surface area contributed by atoms with Crippen molar-refractivity contribution in [3.63, 3.8) is 0 Å². The van der Waals surface area contributed by atoms with Crippen LogP contribution in [0.1, 0.15) is 56.2 Å². The summed E-state index contributed by atoms with van der Waals surface area (Å²) < 4.78 is 38.1. The Kier molecular flexibility index (Phi) is 8.82. The van der Waals surface area contributed by atoms with Gasteiger partial charge >= 0.3 is 12.1 Å². The van der Waals surface area contributed by atoms with Crippen molar-refractivity contribution in [2.75, 3.05) is 6.61 Å². The Hall–Kier alpha value is -4.18. The van der Waals surface area contributed by atoms with Crippen molar-refractivity contribution in [1.29, 1.82) is 0 Å². The second-order valence-electron chi connectivity index (χ2n) is 10.9. The minimum atomic E-state index is -4.09. The van der Waals surface area contributed by atoms with Crippen LogP contribution in [0.5, 0.6) is 0 Å². The van der Waals surface area contributed by atoms with Crippen molar-refractivity contribution in [3.8, 4) is 11.1 Å². The van der Waals surface area contributed by atoms with E-state index >= 15 is 0 Å². The molecule has 10 heteroatoms. The zero-order valence-electron chi connectivity index (χ0n) is 23.5. The van der Waals surface area contributed by atoms with Crippen LogP contribution in [0.3, 0.4) is 0 Å². The molecule has 0 unspecified atom stereocenters. The van der Waals surface area contributed by atoms with Crippen LogP contribution >= 0.6 is 0 Å². The molecule has 2 N–H and O–H groups in total. The fourth-order valence-electron chi connectivity index (χ4n) is 4.66. The number of amides is 2. The zero-order valence-corrected chi connectivity index (χ0v) is 24.3. The Morgan fingerprint density at radius 2 is 1.44 bits per heavy atom. The lowest BCUT2D eigenvalue weighted by Crippen LogP contribution is -2.45. The van der Waals surface area contributed by atoms with Gasteiger partial charge in [0.2, 0.25) is 5.91 Å². The summed E-state index contributed by atoms with van der Waals surface area (Å²) in [5.41, 5.74) is 4.25. The van der Waals surface area contributed by atoms with E-state index < -0.39 is 39.6 Å². The predicted octanol–water partition coefficient (Wildman–Crippen LogP) is 4.83. The summed E-state index contributed by atoms with van der Waals surface area (Å²) in [6, 6.07) is 20.6. The van der Waals surface area contributed by atoms with Crippen molar-refractivity contribution in [2.24, 2.45) is 0 Å². The highest BCUT2D eigenvalue weighted by molar-refractivity contribution is 7.90. The molecule has 9 nitrogen and oxygen atoms in total. The molecule has 0 saturated heterocycles. The fraction of sp³-hybridized carbons (Fsp3) is 0.323. The number of hydrogen-bond donors (Lipinski definition) is 2. The van der Waals surface area contributed by atoms with Gasteiger partial charge in [-0.25, -0.2) is 22.7 Å². The normalized spacial score (nSPS) is 13.5. The van der Waals surface area contributed by atoms with Gasteiger partial charge in [0.05, 0.1) is 4.90 Å². The van der Waals surface area contributed by atoms with E-state index in [4.69, 9.17) is 9.47 Å². The number of alkyl carbamates (subject to hydrolysis) is 1. The number of aryl methyl sites for hydroxylation is 1. The topological polar surface area (TPSA) is 128 Å². The molecule has 41 heavy (non-hydrogen) atoms. The molecule has 0 heterocycles. The minimum Gasteiger partial charge on any atom is -0.458 e. The molecule has 216 valence electrons. The number of sulfonamides is 1. The number of carbonyl (C=O) groups is 3. The third kappa shape index (κ3) is 7.52. The second kappa shape index (κ2) is 12.1. The molecule has 0 saturated carbocycles. The number of nitrogens with one attached hydrogen (secondary N) is 2. The van der Waals surface area contributed by atoms with Gasteiger partial charge in [0.25, 0.3) is 10.0 Å². The summed E-state index contributed by atoms with van der Waals surface area (Å²) in [5.74, 6) is -1.76. The van der Waals surface area contributed by atoms with E-state index in [0.717, 1.165) is 27.8 Å². The first-order valence-corrected chi connectivity index (χ1v) is 14.8. The molecule has 4 rings (SSSR count). The molecular weight excluding hydrogens is 544 g/mol. The van der Waals surface area contributed by atoms with E-state index in [-0.39, 0.29) is 30.3 Å². The summed E-state index contributed by atoms with van der Waals surface area (Å²) in [4.78, 5) is 38.2.